The molecule has 0 bridgehead atoms. The fraction of sp³-hybridized carbons (Fsp3) is 0.241. The highest BCUT2D eigenvalue weighted by Gasteiger charge is 2.34. The van der Waals surface area contributed by atoms with Gasteiger partial charge in [0.05, 0.1) is 35.0 Å². The van der Waals surface area contributed by atoms with Crippen molar-refractivity contribution in [2.24, 2.45) is 5.10 Å². The zero-order chi connectivity index (χ0) is 29.0. The van der Waals surface area contributed by atoms with Crippen LogP contribution in [0.5, 0.6) is 0 Å². The molecule has 3 aromatic carbocycles. The Balaban J connectivity index is 1.70. The lowest BCUT2D eigenvalue weighted by molar-refractivity contribution is -0.384. The highest BCUT2D eigenvalue weighted by atomic mass is 16.6. The molecule has 0 radical (unpaired) electrons. The van der Waals surface area contributed by atoms with E-state index in [0.717, 1.165) is 5.56 Å². The second-order valence-electron chi connectivity index (χ2n) is 10.0. The van der Waals surface area contributed by atoms with E-state index in [0.29, 0.717) is 17.7 Å². The fourth-order valence-electron chi connectivity index (χ4n) is 4.19. The van der Waals surface area contributed by atoms with Gasteiger partial charge in [0, 0.05) is 24.1 Å². The SMILES string of the molecule is COC(=O)c1cc(C2=NN(C(=O)c3ccc([N+](=O)[O-])cc3)C(c3ccccc3)C2)ccc1NC(=O)OC(C)(C)C. The Labute approximate surface area is 230 Å². The zero-order valence-corrected chi connectivity index (χ0v) is 22.4. The lowest BCUT2D eigenvalue weighted by Crippen LogP contribution is -2.27. The molecule has 0 aliphatic carbocycles. The lowest BCUT2D eigenvalue weighted by atomic mass is 9.96. The molecule has 11 heteroatoms. The van der Waals surface area contributed by atoms with Gasteiger partial charge in [-0.3, -0.25) is 20.2 Å². The van der Waals surface area contributed by atoms with Gasteiger partial charge in [-0.05, 0) is 56.2 Å². The van der Waals surface area contributed by atoms with Gasteiger partial charge in [-0.25, -0.2) is 14.6 Å². The Bertz CT molecular complexity index is 1480. The van der Waals surface area contributed by atoms with Crippen LogP contribution in [0.3, 0.4) is 0 Å². The lowest BCUT2D eigenvalue weighted by Gasteiger charge is -2.22. The standard InChI is InChI=1S/C29H28N4O7/c1-29(2,3)40-28(36)30-23-15-12-20(16-22(23)27(35)39-4)24-17-25(18-8-6-5-7-9-18)32(31-24)26(34)19-10-13-21(14-11-19)33(37)38/h5-16,25H,17H2,1-4H3,(H,30,36). The van der Waals surface area contributed by atoms with Crippen LogP contribution in [-0.2, 0) is 9.47 Å². The van der Waals surface area contributed by atoms with Crippen LogP contribution in [0, 0.1) is 10.1 Å². The van der Waals surface area contributed by atoms with Crippen LogP contribution in [0.15, 0.2) is 77.9 Å². The van der Waals surface area contributed by atoms with Crippen LogP contribution >= 0.6 is 0 Å². The molecule has 40 heavy (non-hydrogen) atoms. The number of carbonyl (C=O) groups is 3. The van der Waals surface area contributed by atoms with Crippen LogP contribution < -0.4 is 5.32 Å². The number of anilines is 1. The number of hydrogen-bond donors (Lipinski definition) is 1. The van der Waals surface area contributed by atoms with Gasteiger partial charge in [-0.1, -0.05) is 36.4 Å². The molecule has 0 saturated carbocycles. The van der Waals surface area contributed by atoms with E-state index in [4.69, 9.17) is 9.47 Å². The van der Waals surface area contributed by atoms with Crippen molar-refractivity contribution in [3.05, 3.63) is 105 Å². The number of nitrogens with one attached hydrogen (secondary N) is 1. The van der Waals surface area contributed by atoms with Crippen molar-refractivity contribution in [3.8, 4) is 0 Å². The number of carbonyl (C=O) groups excluding carboxylic acids is 3. The van der Waals surface area contributed by atoms with E-state index in [1.807, 2.05) is 30.3 Å². The first kappa shape index (κ1) is 28.0. The molecule has 1 unspecified atom stereocenters. The molecule has 1 aliphatic heterocycles. The van der Waals surface area contributed by atoms with E-state index in [1.165, 1.54) is 36.4 Å². The van der Waals surface area contributed by atoms with Crippen LogP contribution in [0.1, 0.15) is 65.1 Å². The molecule has 2 amide bonds. The first-order valence-electron chi connectivity index (χ1n) is 12.4. The molecule has 1 heterocycles. The quantitative estimate of drug-likeness (QED) is 0.238. The zero-order valence-electron chi connectivity index (χ0n) is 22.4. The number of hydrazone groups is 1. The van der Waals surface area contributed by atoms with E-state index >= 15 is 0 Å². The van der Waals surface area contributed by atoms with Gasteiger partial charge in [0.1, 0.15) is 5.60 Å². The monoisotopic (exact) mass is 544 g/mol. The third-order valence-corrected chi connectivity index (χ3v) is 6.02. The average molecular weight is 545 g/mol. The summed E-state index contributed by atoms with van der Waals surface area (Å²) in [6.45, 7) is 5.17. The maximum Gasteiger partial charge on any atom is 0.412 e. The number of nitro benzene ring substituents is 1. The van der Waals surface area contributed by atoms with Crippen LogP contribution in [0.25, 0.3) is 0 Å². The number of nitro groups is 1. The van der Waals surface area contributed by atoms with Crippen molar-refractivity contribution in [1.82, 2.24) is 5.01 Å². The van der Waals surface area contributed by atoms with Gasteiger partial charge in [0.2, 0.25) is 0 Å². The van der Waals surface area contributed by atoms with Crippen molar-refractivity contribution in [2.75, 3.05) is 12.4 Å². The molecule has 206 valence electrons. The van der Waals surface area contributed by atoms with Gasteiger partial charge >= 0.3 is 12.1 Å². The Morgan fingerprint density at radius 3 is 2.30 bits per heavy atom. The number of methoxy groups -OCH3 is 1. The minimum absolute atomic E-state index is 0.0879. The van der Waals surface area contributed by atoms with Crippen LogP contribution in [-0.4, -0.2) is 46.3 Å². The van der Waals surface area contributed by atoms with Crippen molar-refractivity contribution >= 4 is 35.1 Å². The molecule has 4 rings (SSSR count). The van der Waals surface area contributed by atoms with Crippen molar-refractivity contribution in [1.29, 1.82) is 0 Å². The second kappa shape index (κ2) is 11.4. The number of rotatable bonds is 6. The van der Waals surface area contributed by atoms with E-state index < -0.39 is 34.5 Å². The normalized spacial score (nSPS) is 14.8. The molecule has 1 N–H and O–H groups in total. The number of benzene rings is 3. The Kier molecular flexibility index (Phi) is 7.94. The molecular weight excluding hydrogens is 516 g/mol. The third kappa shape index (κ3) is 6.32. The van der Waals surface area contributed by atoms with Crippen molar-refractivity contribution in [2.45, 2.75) is 38.8 Å². The van der Waals surface area contributed by atoms with Gasteiger partial charge in [0.25, 0.3) is 11.6 Å². The topological polar surface area (TPSA) is 140 Å². The predicted octanol–water partition coefficient (Wildman–Crippen LogP) is 5.72. The molecule has 0 fully saturated rings. The van der Waals surface area contributed by atoms with E-state index in [9.17, 15) is 24.5 Å². The maximum atomic E-state index is 13.5. The van der Waals surface area contributed by atoms with Crippen molar-refractivity contribution in [3.63, 3.8) is 0 Å². The summed E-state index contributed by atoms with van der Waals surface area (Å²) in [7, 11) is 1.23. The number of non-ortho nitro benzene ring substituents is 1. The number of nitrogens with zero attached hydrogens (tertiary/aromatic N) is 3. The van der Waals surface area contributed by atoms with E-state index in [-0.39, 0.29) is 22.5 Å². The van der Waals surface area contributed by atoms with E-state index in [1.54, 1.807) is 39.0 Å². The summed E-state index contributed by atoms with van der Waals surface area (Å²) in [5.74, 6) is -1.11. The summed E-state index contributed by atoms with van der Waals surface area (Å²) < 4.78 is 10.2. The molecule has 0 saturated heterocycles. The first-order chi connectivity index (χ1) is 19.0. The molecule has 3 aromatic rings. The van der Waals surface area contributed by atoms with Crippen molar-refractivity contribution < 1.29 is 28.8 Å². The smallest absolute Gasteiger partial charge is 0.412 e. The molecule has 0 spiro atoms. The van der Waals surface area contributed by atoms with Gasteiger partial charge in [-0.15, -0.1) is 0 Å². The second-order valence-corrected chi connectivity index (χ2v) is 10.0. The minimum atomic E-state index is -0.736. The average Bonchev–Trinajstić information content (AvgIpc) is 3.37. The van der Waals surface area contributed by atoms with Gasteiger partial charge < -0.3 is 9.47 Å². The summed E-state index contributed by atoms with van der Waals surface area (Å²) in [6.07, 6.45) is -0.394. The first-order valence-corrected chi connectivity index (χ1v) is 12.4. The summed E-state index contributed by atoms with van der Waals surface area (Å²) in [6, 6.07) is 19.0. The Morgan fingerprint density at radius 1 is 1.02 bits per heavy atom. The molecule has 11 nitrogen and oxygen atoms in total. The summed E-state index contributed by atoms with van der Waals surface area (Å²) in [5, 5.41) is 19.6. The van der Waals surface area contributed by atoms with Gasteiger partial charge in [0.15, 0.2) is 0 Å². The summed E-state index contributed by atoms with van der Waals surface area (Å²) in [5.41, 5.74) is 1.58. The Morgan fingerprint density at radius 2 is 1.70 bits per heavy atom. The predicted molar refractivity (Wildman–Crippen MR) is 147 cm³/mol. The highest BCUT2D eigenvalue weighted by Crippen LogP contribution is 2.35. The Hall–Kier alpha value is -5.06. The molecule has 1 atom stereocenters. The molecule has 1 aliphatic rings. The fourth-order valence-corrected chi connectivity index (χ4v) is 4.19. The van der Waals surface area contributed by atoms with Gasteiger partial charge in [-0.2, -0.15) is 5.10 Å². The number of esters is 1. The van der Waals surface area contributed by atoms with E-state index in [2.05, 4.69) is 10.4 Å². The largest absolute Gasteiger partial charge is 0.465 e. The maximum absolute atomic E-state index is 13.5. The number of amides is 2. The summed E-state index contributed by atoms with van der Waals surface area (Å²) in [4.78, 5) is 49.0. The van der Waals surface area contributed by atoms with Crippen LogP contribution in [0.2, 0.25) is 0 Å². The minimum Gasteiger partial charge on any atom is -0.465 e. The number of ether oxygens (including phenoxy) is 2. The molecule has 0 aromatic heterocycles. The van der Waals surface area contributed by atoms with Crippen LogP contribution in [0.4, 0.5) is 16.2 Å². The number of hydrogen-bond acceptors (Lipinski definition) is 8. The highest BCUT2D eigenvalue weighted by molar-refractivity contribution is 6.08. The summed E-state index contributed by atoms with van der Waals surface area (Å²) >= 11 is 0. The molecular formula is C29H28N4O7. The third-order valence-electron chi connectivity index (χ3n) is 6.02.